The van der Waals surface area contributed by atoms with Gasteiger partial charge in [0.1, 0.15) is 16.5 Å². The highest BCUT2D eigenvalue weighted by Crippen LogP contribution is 2.27. The second-order valence-corrected chi connectivity index (χ2v) is 4.77. The van der Waals surface area contributed by atoms with E-state index in [0.29, 0.717) is 0 Å². The Labute approximate surface area is 125 Å². The van der Waals surface area contributed by atoms with Crippen molar-refractivity contribution in [1.29, 1.82) is 0 Å². The second kappa shape index (κ2) is 5.09. The fraction of sp³-hybridized carbons (Fsp3) is 0.182. The second-order valence-electron chi connectivity index (χ2n) is 4.33. The van der Waals surface area contributed by atoms with E-state index in [-0.39, 0.29) is 25.5 Å². The lowest BCUT2D eigenvalue weighted by Crippen LogP contribution is -2.24. The fourth-order valence-electron chi connectivity index (χ4n) is 1.79. The van der Waals surface area contributed by atoms with E-state index in [4.69, 9.17) is 11.5 Å². The number of nitrogens with zero attached hydrogens (tertiary/aromatic N) is 3. The molecule has 0 atom stereocenters. The highest BCUT2D eigenvalue weighted by molar-refractivity contribution is 7.80. The zero-order chi connectivity index (χ0) is 16.8. The third-order valence-corrected chi connectivity index (χ3v) is 3.07. The molecule has 0 fully saturated rings. The summed E-state index contributed by atoms with van der Waals surface area (Å²) in [5, 5.41) is 3.11. The molecule has 0 amide bonds. The van der Waals surface area contributed by atoms with E-state index in [1.807, 2.05) is 0 Å². The van der Waals surface area contributed by atoms with Gasteiger partial charge in [-0.1, -0.05) is 12.2 Å². The predicted octanol–water partition coefficient (Wildman–Crippen LogP) is 0.945. The highest BCUT2D eigenvalue weighted by atomic mass is 32.1. The predicted molar refractivity (Wildman–Crippen MR) is 74.1 cm³/mol. The summed E-state index contributed by atoms with van der Waals surface area (Å²) in [6.07, 6.45) is -4.86. The fourth-order valence-corrected chi connectivity index (χ4v) is 1.97. The van der Waals surface area contributed by atoms with Gasteiger partial charge >= 0.3 is 11.9 Å². The SMILES string of the molecule is Cn1c(C(F)(F)F)nn(-c2cc(N)c(C(N)=S)cc2F)c1=O. The Bertz CT molecular complexity index is 823. The molecule has 6 nitrogen and oxygen atoms in total. The lowest BCUT2D eigenvalue weighted by atomic mass is 10.1. The number of rotatable bonds is 2. The van der Waals surface area contributed by atoms with Crippen molar-refractivity contribution < 1.29 is 17.6 Å². The number of anilines is 1. The smallest absolute Gasteiger partial charge is 0.398 e. The molecular formula is C11H9F4N5OS. The standard InChI is InChI=1S/C11H9F4N5OS/c1-19-9(11(13,14)15)18-20(10(19)21)7-3-6(16)4(8(17)22)2-5(7)12/h2-3H,16H2,1H3,(H2,17,22). The van der Waals surface area contributed by atoms with Crippen LogP contribution in [0.2, 0.25) is 0 Å². The van der Waals surface area contributed by atoms with Crippen LogP contribution >= 0.6 is 12.2 Å². The van der Waals surface area contributed by atoms with Gasteiger partial charge in [0.15, 0.2) is 0 Å². The van der Waals surface area contributed by atoms with Gasteiger partial charge in [0, 0.05) is 18.3 Å². The monoisotopic (exact) mass is 335 g/mol. The van der Waals surface area contributed by atoms with Crippen molar-refractivity contribution in [2.45, 2.75) is 6.18 Å². The van der Waals surface area contributed by atoms with Crippen LogP contribution in [0.25, 0.3) is 5.69 Å². The zero-order valence-corrected chi connectivity index (χ0v) is 11.8. The Kier molecular flexibility index (Phi) is 3.69. The molecule has 2 aromatic rings. The minimum absolute atomic E-state index is 0.0104. The van der Waals surface area contributed by atoms with Gasteiger partial charge in [-0.15, -0.1) is 5.10 Å². The van der Waals surface area contributed by atoms with Crippen molar-refractivity contribution in [3.8, 4) is 5.69 Å². The first kappa shape index (κ1) is 15.9. The van der Waals surface area contributed by atoms with Gasteiger partial charge in [0.05, 0.1) is 0 Å². The molecule has 0 aliphatic heterocycles. The van der Waals surface area contributed by atoms with E-state index in [1.54, 1.807) is 0 Å². The number of benzene rings is 1. The number of hydrogen-bond donors (Lipinski definition) is 2. The van der Waals surface area contributed by atoms with Crippen LogP contribution < -0.4 is 17.2 Å². The van der Waals surface area contributed by atoms with Crippen LogP contribution in [0.15, 0.2) is 16.9 Å². The van der Waals surface area contributed by atoms with Crippen molar-refractivity contribution in [3.05, 3.63) is 39.8 Å². The summed E-state index contributed by atoms with van der Waals surface area (Å²) in [6, 6.07) is 1.78. The van der Waals surface area contributed by atoms with E-state index >= 15 is 0 Å². The Morgan fingerprint density at radius 2 is 1.95 bits per heavy atom. The lowest BCUT2D eigenvalue weighted by molar-refractivity contribution is -0.147. The number of nitrogen functional groups attached to an aromatic ring is 1. The maximum Gasteiger partial charge on any atom is 0.451 e. The molecule has 1 aromatic carbocycles. The van der Waals surface area contributed by atoms with Crippen LogP contribution in [-0.2, 0) is 13.2 Å². The zero-order valence-electron chi connectivity index (χ0n) is 11.0. The molecule has 0 bridgehead atoms. The van der Waals surface area contributed by atoms with Gasteiger partial charge < -0.3 is 11.5 Å². The summed E-state index contributed by atoms with van der Waals surface area (Å²) in [7, 11) is 0.874. The minimum atomic E-state index is -4.86. The Morgan fingerprint density at radius 1 is 1.36 bits per heavy atom. The first-order valence-corrected chi connectivity index (χ1v) is 6.07. The molecule has 0 radical (unpaired) electrons. The Hall–Kier alpha value is -2.43. The van der Waals surface area contributed by atoms with Gasteiger partial charge in [-0.2, -0.15) is 17.9 Å². The van der Waals surface area contributed by atoms with Gasteiger partial charge in [-0.3, -0.25) is 4.57 Å². The van der Waals surface area contributed by atoms with Crippen molar-refractivity contribution in [1.82, 2.24) is 14.3 Å². The molecule has 1 aromatic heterocycles. The quantitative estimate of drug-likeness (QED) is 0.484. The average Bonchev–Trinajstić information content (AvgIpc) is 2.68. The van der Waals surface area contributed by atoms with Crippen molar-refractivity contribution >= 4 is 22.9 Å². The maximum absolute atomic E-state index is 14.0. The Balaban J connectivity index is 2.71. The first-order valence-electron chi connectivity index (χ1n) is 5.66. The average molecular weight is 335 g/mol. The molecule has 118 valence electrons. The molecule has 1 heterocycles. The number of alkyl halides is 3. The van der Waals surface area contributed by atoms with Crippen LogP contribution in [0, 0.1) is 5.82 Å². The first-order chi connectivity index (χ1) is 10.0. The molecule has 4 N–H and O–H groups in total. The van der Waals surface area contributed by atoms with Gasteiger partial charge in [0.25, 0.3) is 0 Å². The van der Waals surface area contributed by atoms with Crippen LogP contribution in [0.4, 0.5) is 23.2 Å². The third kappa shape index (κ3) is 2.54. The molecule has 0 aliphatic rings. The summed E-state index contributed by atoms with van der Waals surface area (Å²) >= 11 is 4.66. The van der Waals surface area contributed by atoms with E-state index < -0.39 is 29.2 Å². The lowest BCUT2D eigenvalue weighted by Gasteiger charge is -2.08. The Morgan fingerprint density at radius 3 is 2.41 bits per heavy atom. The minimum Gasteiger partial charge on any atom is -0.398 e. The molecule has 0 saturated carbocycles. The normalized spacial score (nSPS) is 11.7. The molecule has 22 heavy (non-hydrogen) atoms. The van der Waals surface area contributed by atoms with E-state index in [0.717, 1.165) is 19.2 Å². The van der Waals surface area contributed by atoms with Crippen LogP contribution in [0.1, 0.15) is 11.4 Å². The van der Waals surface area contributed by atoms with Crippen molar-refractivity contribution in [2.24, 2.45) is 12.8 Å². The summed E-state index contributed by atoms with van der Waals surface area (Å²) in [4.78, 5) is 11.6. The summed E-state index contributed by atoms with van der Waals surface area (Å²) in [5.74, 6) is -2.50. The number of nitrogens with two attached hydrogens (primary N) is 2. The molecule has 0 saturated heterocycles. The summed E-state index contributed by atoms with van der Waals surface area (Å²) < 4.78 is 52.7. The molecule has 0 aliphatic carbocycles. The molecule has 11 heteroatoms. The van der Waals surface area contributed by atoms with E-state index in [2.05, 4.69) is 17.3 Å². The molecule has 0 spiro atoms. The number of thiocarbonyl (C=S) groups is 1. The van der Waals surface area contributed by atoms with Crippen LogP contribution in [-0.4, -0.2) is 19.3 Å². The largest absolute Gasteiger partial charge is 0.451 e. The van der Waals surface area contributed by atoms with Gasteiger partial charge in [-0.05, 0) is 12.1 Å². The van der Waals surface area contributed by atoms with Gasteiger partial charge in [-0.25, -0.2) is 9.18 Å². The van der Waals surface area contributed by atoms with E-state index in [1.165, 1.54) is 0 Å². The van der Waals surface area contributed by atoms with Crippen molar-refractivity contribution in [3.63, 3.8) is 0 Å². The van der Waals surface area contributed by atoms with Crippen LogP contribution in [0.5, 0.6) is 0 Å². The maximum atomic E-state index is 14.0. The molecule has 0 unspecified atom stereocenters. The molecule has 2 rings (SSSR count). The summed E-state index contributed by atoms with van der Waals surface area (Å²) in [5.41, 5.74) is 9.15. The third-order valence-electron chi connectivity index (χ3n) is 2.85. The topological polar surface area (TPSA) is 91.9 Å². The van der Waals surface area contributed by atoms with Crippen LogP contribution in [0.3, 0.4) is 0 Å². The molecular weight excluding hydrogens is 326 g/mol. The van der Waals surface area contributed by atoms with E-state index in [9.17, 15) is 22.4 Å². The number of hydrogen-bond acceptors (Lipinski definition) is 4. The highest BCUT2D eigenvalue weighted by Gasteiger charge is 2.38. The summed E-state index contributed by atoms with van der Waals surface area (Å²) in [6.45, 7) is 0. The van der Waals surface area contributed by atoms with Gasteiger partial charge in [0.2, 0.25) is 5.82 Å². The number of halogens is 4. The number of aromatic nitrogens is 3. The van der Waals surface area contributed by atoms with Crippen molar-refractivity contribution in [2.75, 3.05) is 5.73 Å².